The normalized spacial score (nSPS) is 21.7. The van der Waals surface area contributed by atoms with Crippen molar-refractivity contribution in [3.8, 4) is 12.3 Å². The number of aromatic amines is 1. The Morgan fingerprint density at radius 2 is 2.15 bits per heavy atom. The molecule has 148 valence electrons. The van der Waals surface area contributed by atoms with Crippen LogP contribution in [0.4, 0.5) is 0 Å². The molecule has 0 amide bonds. The van der Waals surface area contributed by atoms with E-state index in [0.29, 0.717) is 6.42 Å². The molecule has 0 unspecified atom stereocenters. The number of nitrogens with zero attached hydrogens (tertiary/aromatic N) is 1. The number of carbonyl (C=O) groups excluding carboxylic acids is 1. The summed E-state index contributed by atoms with van der Waals surface area (Å²) in [6, 6.07) is 0. The summed E-state index contributed by atoms with van der Waals surface area (Å²) in [5.41, 5.74) is -1.34. The number of H-pyrrole nitrogens is 1. The third-order valence-corrected chi connectivity index (χ3v) is 4.53. The first-order valence-electron chi connectivity index (χ1n) is 9.27. The molecule has 1 aromatic heterocycles. The molecular formula is C19H26N2O6. The number of ether oxygens (including phenoxy) is 2. The van der Waals surface area contributed by atoms with Gasteiger partial charge in [0.2, 0.25) is 0 Å². The van der Waals surface area contributed by atoms with Gasteiger partial charge in [0.1, 0.15) is 24.5 Å². The van der Waals surface area contributed by atoms with Crippen LogP contribution >= 0.6 is 0 Å². The number of terminal acetylenes is 1. The number of hydrogen-bond donors (Lipinski definition) is 2. The molecule has 1 aromatic rings. The summed E-state index contributed by atoms with van der Waals surface area (Å²) in [6.07, 6.45) is 9.64. The predicted molar refractivity (Wildman–Crippen MR) is 98.1 cm³/mol. The number of hydrogen-bond acceptors (Lipinski definition) is 6. The Bertz CT molecular complexity index is 791. The summed E-state index contributed by atoms with van der Waals surface area (Å²) in [4.78, 5) is 37.4. The minimum Gasteiger partial charge on any atom is -0.463 e. The van der Waals surface area contributed by atoms with Crippen LogP contribution < -0.4 is 11.2 Å². The number of unbranched alkanes of at least 4 members (excludes halogenated alkanes) is 4. The molecule has 0 aliphatic carbocycles. The highest BCUT2D eigenvalue weighted by Crippen LogP contribution is 2.27. The van der Waals surface area contributed by atoms with Crippen LogP contribution in [0.5, 0.6) is 0 Å². The number of aromatic nitrogens is 2. The summed E-state index contributed by atoms with van der Waals surface area (Å²) in [7, 11) is 0. The second-order valence-corrected chi connectivity index (χ2v) is 6.63. The van der Waals surface area contributed by atoms with E-state index in [1.54, 1.807) is 0 Å². The van der Waals surface area contributed by atoms with Gasteiger partial charge in [0.15, 0.2) is 0 Å². The molecule has 8 nitrogen and oxygen atoms in total. The SMILES string of the molecule is C#Cc1cn([C@H]2C[C@H](O)[C@@H](COC(=O)CCCCCCC)O2)c(=O)[nH]c1=O. The highest BCUT2D eigenvalue weighted by molar-refractivity contribution is 5.69. The van der Waals surface area contributed by atoms with Crippen LogP contribution in [0.25, 0.3) is 0 Å². The molecule has 0 radical (unpaired) electrons. The van der Waals surface area contributed by atoms with Gasteiger partial charge < -0.3 is 14.6 Å². The predicted octanol–water partition coefficient (Wildman–Crippen LogP) is 1.07. The zero-order valence-electron chi connectivity index (χ0n) is 15.5. The molecule has 0 saturated carbocycles. The lowest BCUT2D eigenvalue weighted by atomic mass is 10.1. The molecule has 2 rings (SSSR count). The molecule has 1 saturated heterocycles. The van der Waals surface area contributed by atoms with E-state index in [1.165, 1.54) is 6.20 Å². The maximum absolute atomic E-state index is 12.0. The Morgan fingerprint density at radius 3 is 2.85 bits per heavy atom. The van der Waals surface area contributed by atoms with Gasteiger partial charge in [-0.3, -0.25) is 19.1 Å². The average Bonchev–Trinajstić information content (AvgIpc) is 3.00. The zero-order chi connectivity index (χ0) is 19.8. The van der Waals surface area contributed by atoms with Crippen LogP contribution in [0.15, 0.2) is 15.8 Å². The summed E-state index contributed by atoms with van der Waals surface area (Å²) >= 11 is 0. The molecular weight excluding hydrogens is 352 g/mol. The molecule has 0 spiro atoms. The third-order valence-electron chi connectivity index (χ3n) is 4.53. The van der Waals surface area contributed by atoms with Gasteiger partial charge in [-0.2, -0.15) is 0 Å². The van der Waals surface area contributed by atoms with Crippen molar-refractivity contribution in [2.24, 2.45) is 0 Å². The third kappa shape index (κ3) is 5.81. The number of rotatable bonds is 9. The molecule has 1 aliphatic heterocycles. The smallest absolute Gasteiger partial charge is 0.330 e. The molecule has 27 heavy (non-hydrogen) atoms. The molecule has 0 bridgehead atoms. The molecule has 2 N–H and O–H groups in total. The first-order valence-corrected chi connectivity index (χ1v) is 9.27. The molecule has 2 heterocycles. The number of aliphatic hydroxyl groups excluding tert-OH is 1. The Hall–Kier alpha value is -2.37. The van der Waals surface area contributed by atoms with Crippen molar-refractivity contribution in [3.63, 3.8) is 0 Å². The van der Waals surface area contributed by atoms with Gasteiger partial charge in [-0.1, -0.05) is 38.5 Å². The maximum atomic E-state index is 12.0. The van der Waals surface area contributed by atoms with Crippen LogP contribution in [0.1, 0.15) is 63.7 Å². The summed E-state index contributed by atoms with van der Waals surface area (Å²) < 4.78 is 11.9. The molecule has 1 aliphatic rings. The van der Waals surface area contributed by atoms with Crippen LogP contribution in [-0.2, 0) is 14.3 Å². The van der Waals surface area contributed by atoms with Gasteiger partial charge >= 0.3 is 11.7 Å². The average molecular weight is 378 g/mol. The van der Waals surface area contributed by atoms with E-state index < -0.39 is 29.7 Å². The number of esters is 1. The number of aliphatic hydroxyl groups is 1. The van der Waals surface area contributed by atoms with Crippen molar-refractivity contribution in [1.82, 2.24) is 9.55 Å². The monoisotopic (exact) mass is 378 g/mol. The van der Waals surface area contributed by atoms with Gasteiger partial charge in [0.05, 0.1) is 6.10 Å². The van der Waals surface area contributed by atoms with E-state index in [9.17, 15) is 19.5 Å². The Kier molecular flexibility index (Phi) is 7.82. The van der Waals surface area contributed by atoms with Crippen LogP contribution in [0.3, 0.4) is 0 Å². The lowest BCUT2D eigenvalue weighted by Crippen LogP contribution is -2.33. The highest BCUT2D eigenvalue weighted by Gasteiger charge is 2.36. The molecule has 0 aromatic carbocycles. The van der Waals surface area contributed by atoms with Crippen LogP contribution in [0.2, 0.25) is 0 Å². The molecule has 8 heteroatoms. The first-order chi connectivity index (χ1) is 13.0. The lowest BCUT2D eigenvalue weighted by molar-refractivity contribution is -0.150. The van der Waals surface area contributed by atoms with E-state index in [1.807, 2.05) is 0 Å². The summed E-state index contributed by atoms with van der Waals surface area (Å²) in [6.45, 7) is 2.04. The second kappa shape index (κ2) is 10.1. The van der Waals surface area contributed by atoms with Crippen LogP contribution in [-0.4, -0.2) is 39.4 Å². The Balaban J connectivity index is 1.86. The fourth-order valence-corrected chi connectivity index (χ4v) is 2.96. The van der Waals surface area contributed by atoms with Gasteiger partial charge in [0.25, 0.3) is 5.56 Å². The van der Waals surface area contributed by atoms with Crippen LogP contribution in [0, 0.1) is 12.3 Å². The van der Waals surface area contributed by atoms with Crippen molar-refractivity contribution in [2.45, 2.75) is 70.3 Å². The Labute approximate surface area is 157 Å². The van der Waals surface area contributed by atoms with E-state index in [0.717, 1.165) is 36.7 Å². The first kappa shape index (κ1) is 20.9. The minimum atomic E-state index is -0.902. The van der Waals surface area contributed by atoms with E-state index in [-0.39, 0.29) is 24.6 Å². The van der Waals surface area contributed by atoms with Gasteiger partial charge in [-0.05, 0) is 6.42 Å². The summed E-state index contributed by atoms with van der Waals surface area (Å²) in [5.74, 6) is 1.86. The highest BCUT2D eigenvalue weighted by atomic mass is 16.6. The van der Waals surface area contributed by atoms with Crippen molar-refractivity contribution >= 4 is 5.97 Å². The maximum Gasteiger partial charge on any atom is 0.330 e. The topological polar surface area (TPSA) is 111 Å². The lowest BCUT2D eigenvalue weighted by Gasteiger charge is -2.16. The van der Waals surface area contributed by atoms with E-state index in [2.05, 4.69) is 17.8 Å². The number of nitrogens with one attached hydrogen (secondary N) is 1. The quantitative estimate of drug-likeness (QED) is 0.378. The molecule has 1 fully saturated rings. The largest absolute Gasteiger partial charge is 0.463 e. The van der Waals surface area contributed by atoms with Gasteiger partial charge in [-0.25, -0.2) is 4.79 Å². The van der Waals surface area contributed by atoms with E-state index in [4.69, 9.17) is 15.9 Å². The fourth-order valence-electron chi connectivity index (χ4n) is 2.96. The number of carbonyl (C=O) groups is 1. The van der Waals surface area contributed by atoms with Crippen molar-refractivity contribution in [1.29, 1.82) is 0 Å². The van der Waals surface area contributed by atoms with Gasteiger partial charge in [-0.15, -0.1) is 6.42 Å². The Morgan fingerprint density at radius 1 is 1.41 bits per heavy atom. The van der Waals surface area contributed by atoms with Crippen molar-refractivity contribution in [3.05, 3.63) is 32.6 Å². The standard InChI is InChI=1S/C19H26N2O6/c1-3-5-6-7-8-9-17(23)26-12-15-14(22)10-16(27-15)21-11-13(4-2)18(24)20-19(21)25/h2,11,14-16,22H,3,5-10,12H2,1H3,(H,20,24,25)/t14-,15+,16+/m0/s1. The van der Waals surface area contributed by atoms with Crippen molar-refractivity contribution in [2.75, 3.05) is 6.61 Å². The minimum absolute atomic E-state index is 0.00867. The molecule has 3 atom stereocenters. The second-order valence-electron chi connectivity index (χ2n) is 6.63. The van der Waals surface area contributed by atoms with Crippen molar-refractivity contribution < 1.29 is 19.4 Å². The van der Waals surface area contributed by atoms with Gasteiger partial charge in [0, 0.05) is 19.0 Å². The summed E-state index contributed by atoms with van der Waals surface area (Å²) in [5, 5.41) is 10.1. The van der Waals surface area contributed by atoms with E-state index >= 15 is 0 Å². The fraction of sp³-hybridized carbons (Fsp3) is 0.632. The zero-order valence-corrected chi connectivity index (χ0v) is 15.5.